The first-order chi connectivity index (χ1) is 9.99. The van der Waals surface area contributed by atoms with Crippen LogP contribution in [-0.2, 0) is 9.53 Å². The lowest BCUT2D eigenvalue weighted by atomic mass is 10.3. The summed E-state index contributed by atoms with van der Waals surface area (Å²) in [6.07, 6.45) is -0.426. The number of carboxylic acids is 1. The van der Waals surface area contributed by atoms with Gasteiger partial charge in [0, 0.05) is 39.3 Å². The molecule has 1 aliphatic heterocycles. The van der Waals surface area contributed by atoms with Crippen molar-refractivity contribution in [1.29, 1.82) is 0 Å². The van der Waals surface area contributed by atoms with Crippen molar-refractivity contribution in [3.8, 4) is 0 Å². The summed E-state index contributed by atoms with van der Waals surface area (Å²) in [5.41, 5.74) is 0. The topological polar surface area (TPSA) is 90.4 Å². The normalized spacial score (nSPS) is 14.8. The maximum atomic E-state index is 12.3. The molecule has 0 aromatic heterocycles. The van der Waals surface area contributed by atoms with Crippen LogP contribution in [0.4, 0.5) is 9.59 Å². The van der Waals surface area contributed by atoms with Gasteiger partial charge in [-0.15, -0.1) is 0 Å². The number of nitrogens with zero attached hydrogens (tertiary/aromatic N) is 3. The van der Waals surface area contributed by atoms with Gasteiger partial charge < -0.3 is 24.5 Å². The van der Waals surface area contributed by atoms with E-state index in [0.29, 0.717) is 39.3 Å². The van der Waals surface area contributed by atoms with Crippen LogP contribution in [0.25, 0.3) is 0 Å². The van der Waals surface area contributed by atoms with Crippen molar-refractivity contribution < 1.29 is 24.2 Å². The average molecular weight is 301 g/mol. The zero-order chi connectivity index (χ0) is 15.8. The Bertz CT molecular complexity index is 380. The fourth-order valence-electron chi connectivity index (χ4n) is 2.11. The molecule has 21 heavy (non-hydrogen) atoms. The average Bonchev–Trinajstić information content (AvgIpc) is 2.47. The molecule has 0 aliphatic carbocycles. The Kier molecular flexibility index (Phi) is 6.77. The van der Waals surface area contributed by atoms with Gasteiger partial charge in [-0.1, -0.05) is 0 Å². The Morgan fingerprint density at radius 2 is 1.67 bits per heavy atom. The number of hydrogen-bond acceptors (Lipinski definition) is 4. The summed E-state index contributed by atoms with van der Waals surface area (Å²) >= 11 is 0. The highest BCUT2D eigenvalue weighted by Gasteiger charge is 2.27. The third-order valence-corrected chi connectivity index (χ3v) is 3.32. The minimum atomic E-state index is -0.923. The molecule has 0 radical (unpaired) electrons. The number of amides is 3. The first-order valence-corrected chi connectivity index (χ1v) is 7.16. The van der Waals surface area contributed by atoms with Crippen LogP contribution in [0.5, 0.6) is 0 Å². The van der Waals surface area contributed by atoms with Crippen molar-refractivity contribution in [3.63, 3.8) is 0 Å². The fourth-order valence-corrected chi connectivity index (χ4v) is 2.11. The van der Waals surface area contributed by atoms with Gasteiger partial charge in [0.15, 0.2) is 0 Å². The Morgan fingerprint density at radius 3 is 2.14 bits per heavy atom. The molecule has 1 aliphatic rings. The second kappa shape index (κ2) is 8.33. The van der Waals surface area contributed by atoms with Crippen molar-refractivity contribution in [2.75, 3.05) is 45.9 Å². The number of carboxylic acid groups (broad SMARTS) is 1. The van der Waals surface area contributed by atoms with Crippen LogP contribution in [-0.4, -0.2) is 83.8 Å². The van der Waals surface area contributed by atoms with Gasteiger partial charge >= 0.3 is 18.1 Å². The van der Waals surface area contributed by atoms with Crippen molar-refractivity contribution in [2.24, 2.45) is 0 Å². The molecule has 8 heteroatoms. The number of ether oxygens (including phenoxy) is 1. The third-order valence-electron chi connectivity index (χ3n) is 3.32. The summed E-state index contributed by atoms with van der Waals surface area (Å²) in [5, 5.41) is 8.69. The first-order valence-electron chi connectivity index (χ1n) is 7.16. The maximum Gasteiger partial charge on any atom is 0.409 e. The SMILES string of the molecule is CCOC(=O)N1CCN(C(=O)N(CC)CCC(=O)O)CC1. The minimum absolute atomic E-state index is 0.0671. The standard InChI is InChI=1S/C13H23N3O5/c1-3-14(6-5-11(17)18)12(19)15-7-9-16(10-8-15)13(20)21-4-2/h3-10H2,1-2H3,(H,17,18). The second-order valence-electron chi connectivity index (χ2n) is 4.68. The van der Waals surface area contributed by atoms with Crippen LogP contribution in [0, 0.1) is 0 Å². The number of carbonyl (C=O) groups is 3. The zero-order valence-electron chi connectivity index (χ0n) is 12.6. The number of carbonyl (C=O) groups excluding carboxylic acids is 2. The summed E-state index contributed by atoms with van der Waals surface area (Å²) in [6, 6.07) is -0.178. The molecule has 0 spiro atoms. The number of piperazine rings is 1. The number of rotatable bonds is 5. The van der Waals surface area contributed by atoms with Gasteiger partial charge in [-0.3, -0.25) is 4.79 Å². The van der Waals surface area contributed by atoms with E-state index in [1.54, 1.807) is 16.7 Å². The van der Waals surface area contributed by atoms with E-state index in [-0.39, 0.29) is 25.1 Å². The van der Waals surface area contributed by atoms with E-state index < -0.39 is 5.97 Å². The molecule has 0 unspecified atom stereocenters. The largest absolute Gasteiger partial charge is 0.481 e. The van der Waals surface area contributed by atoms with Crippen molar-refractivity contribution in [2.45, 2.75) is 20.3 Å². The highest BCUT2D eigenvalue weighted by molar-refractivity contribution is 5.76. The van der Waals surface area contributed by atoms with Crippen LogP contribution in [0.15, 0.2) is 0 Å². The summed E-state index contributed by atoms with van der Waals surface area (Å²) in [5.74, 6) is -0.923. The number of hydrogen-bond donors (Lipinski definition) is 1. The lowest BCUT2D eigenvalue weighted by Gasteiger charge is -2.36. The quantitative estimate of drug-likeness (QED) is 0.806. The van der Waals surface area contributed by atoms with Gasteiger partial charge in [-0.25, -0.2) is 9.59 Å². The van der Waals surface area contributed by atoms with Gasteiger partial charge in [0.1, 0.15) is 0 Å². The van der Waals surface area contributed by atoms with Crippen LogP contribution < -0.4 is 0 Å². The Labute approximate surface area is 124 Å². The maximum absolute atomic E-state index is 12.3. The van der Waals surface area contributed by atoms with E-state index in [4.69, 9.17) is 9.84 Å². The summed E-state index contributed by atoms with van der Waals surface area (Å²) in [4.78, 5) is 39.1. The van der Waals surface area contributed by atoms with Crippen molar-refractivity contribution >= 4 is 18.1 Å². The summed E-state index contributed by atoms with van der Waals surface area (Å²) < 4.78 is 4.92. The number of aliphatic carboxylic acids is 1. The molecule has 1 fully saturated rings. The van der Waals surface area contributed by atoms with Gasteiger partial charge in [0.2, 0.25) is 0 Å². The molecule has 3 amide bonds. The fraction of sp³-hybridized carbons (Fsp3) is 0.769. The predicted molar refractivity (Wildman–Crippen MR) is 75.1 cm³/mol. The molecule has 0 saturated carbocycles. The first kappa shape index (κ1) is 17.1. The van der Waals surface area contributed by atoms with Crippen LogP contribution in [0.1, 0.15) is 20.3 Å². The van der Waals surface area contributed by atoms with E-state index in [1.807, 2.05) is 6.92 Å². The molecule has 0 aromatic carbocycles. The monoisotopic (exact) mass is 301 g/mol. The molecule has 0 bridgehead atoms. The molecular formula is C13H23N3O5. The Hall–Kier alpha value is -1.99. The molecule has 1 saturated heterocycles. The molecule has 0 aromatic rings. The molecule has 1 N–H and O–H groups in total. The van der Waals surface area contributed by atoms with E-state index in [0.717, 1.165) is 0 Å². The van der Waals surface area contributed by atoms with E-state index >= 15 is 0 Å². The van der Waals surface area contributed by atoms with Crippen LogP contribution in [0.3, 0.4) is 0 Å². The van der Waals surface area contributed by atoms with Gasteiger partial charge in [-0.2, -0.15) is 0 Å². The van der Waals surface area contributed by atoms with Crippen LogP contribution >= 0.6 is 0 Å². The second-order valence-corrected chi connectivity index (χ2v) is 4.68. The number of urea groups is 1. The molecule has 0 atom stereocenters. The smallest absolute Gasteiger partial charge is 0.409 e. The van der Waals surface area contributed by atoms with E-state index in [9.17, 15) is 14.4 Å². The molecular weight excluding hydrogens is 278 g/mol. The van der Waals surface area contributed by atoms with Gasteiger partial charge in [-0.05, 0) is 13.8 Å². The highest BCUT2D eigenvalue weighted by Crippen LogP contribution is 2.08. The summed E-state index contributed by atoms with van der Waals surface area (Å²) in [6.45, 7) is 6.28. The minimum Gasteiger partial charge on any atom is -0.481 e. The molecule has 1 heterocycles. The lowest BCUT2D eigenvalue weighted by Crippen LogP contribution is -2.54. The van der Waals surface area contributed by atoms with E-state index in [1.165, 1.54) is 4.90 Å². The molecule has 120 valence electrons. The van der Waals surface area contributed by atoms with E-state index in [2.05, 4.69) is 0 Å². The molecule has 8 nitrogen and oxygen atoms in total. The lowest BCUT2D eigenvalue weighted by molar-refractivity contribution is -0.137. The van der Waals surface area contributed by atoms with Gasteiger partial charge in [0.25, 0.3) is 0 Å². The highest BCUT2D eigenvalue weighted by atomic mass is 16.6. The van der Waals surface area contributed by atoms with Gasteiger partial charge in [0.05, 0.1) is 13.0 Å². The Morgan fingerprint density at radius 1 is 1.10 bits per heavy atom. The zero-order valence-corrected chi connectivity index (χ0v) is 12.6. The Balaban J connectivity index is 2.46. The summed E-state index contributed by atoms with van der Waals surface area (Å²) in [7, 11) is 0. The van der Waals surface area contributed by atoms with Crippen molar-refractivity contribution in [3.05, 3.63) is 0 Å². The van der Waals surface area contributed by atoms with Crippen LogP contribution in [0.2, 0.25) is 0 Å². The third kappa shape index (κ3) is 5.13. The predicted octanol–water partition coefficient (Wildman–Crippen LogP) is 0.677. The van der Waals surface area contributed by atoms with Crippen molar-refractivity contribution in [1.82, 2.24) is 14.7 Å². The molecule has 1 rings (SSSR count).